The molecule has 1 spiro atoms. The Morgan fingerprint density at radius 3 is 2.39 bits per heavy atom. The summed E-state index contributed by atoms with van der Waals surface area (Å²) in [6, 6.07) is 14.4. The molecule has 31 heavy (non-hydrogen) atoms. The summed E-state index contributed by atoms with van der Waals surface area (Å²) in [4.78, 5) is 28.7. The van der Waals surface area contributed by atoms with Gasteiger partial charge < -0.3 is 10.2 Å². The summed E-state index contributed by atoms with van der Waals surface area (Å²) in [7, 11) is 1.64. The molecule has 3 aliphatic rings. The van der Waals surface area contributed by atoms with Gasteiger partial charge in [0.1, 0.15) is 11.4 Å². The molecule has 0 aromatic heterocycles. The SMILES string of the molecule is CNC(=O)C1(Cc2ccccc2-c2ccccc2F)CCCN1C(=O)C1CC12CCC2. The van der Waals surface area contributed by atoms with E-state index in [1.807, 2.05) is 35.2 Å². The minimum atomic E-state index is -0.916. The number of halogens is 1. The van der Waals surface area contributed by atoms with E-state index < -0.39 is 5.54 Å². The molecule has 5 rings (SSSR count). The molecular formula is C26H29FN2O2. The lowest BCUT2D eigenvalue weighted by Crippen LogP contribution is -2.58. The Balaban J connectivity index is 1.51. The van der Waals surface area contributed by atoms with E-state index in [9.17, 15) is 14.0 Å². The first kappa shape index (κ1) is 20.2. The van der Waals surface area contributed by atoms with E-state index in [0.29, 0.717) is 24.9 Å². The van der Waals surface area contributed by atoms with Crippen molar-refractivity contribution in [3.8, 4) is 11.1 Å². The van der Waals surface area contributed by atoms with Gasteiger partial charge in [-0.15, -0.1) is 0 Å². The van der Waals surface area contributed by atoms with Gasteiger partial charge in [0.2, 0.25) is 11.8 Å². The van der Waals surface area contributed by atoms with Gasteiger partial charge in [0.25, 0.3) is 0 Å². The zero-order valence-electron chi connectivity index (χ0n) is 18.0. The van der Waals surface area contributed by atoms with Gasteiger partial charge in [-0.2, -0.15) is 0 Å². The molecule has 4 nitrogen and oxygen atoms in total. The monoisotopic (exact) mass is 420 g/mol. The van der Waals surface area contributed by atoms with Crippen molar-refractivity contribution in [2.75, 3.05) is 13.6 Å². The van der Waals surface area contributed by atoms with Crippen molar-refractivity contribution in [1.82, 2.24) is 10.2 Å². The maximum absolute atomic E-state index is 14.6. The largest absolute Gasteiger partial charge is 0.357 e. The van der Waals surface area contributed by atoms with E-state index >= 15 is 0 Å². The van der Waals surface area contributed by atoms with Gasteiger partial charge in [0.05, 0.1) is 0 Å². The van der Waals surface area contributed by atoms with E-state index in [-0.39, 0.29) is 29.0 Å². The summed E-state index contributed by atoms with van der Waals surface area (Å²) in [6.45, 7) is 0.612. The average molecular weight is 421 g/mol. The van der Waals surface area contributed by atoms with Crippen LogP contribution in [0, 0.1) is 17.2 Å². The highest BCUT2D eigenvalue weighted by Crippen LogP contribution is 2.66. The van der Waals surface area contributed by atoms with Gasteiger partial charge in [0, 0.05) is 31.5 Å². The van der Waals surface area contributed by atoms with Gasteiger partial charge in [-0.3, -0.25) is 9.59 Å². The number of rotatable bonds is 5. The summed E-state index contributed by atoms with van der Waals surface area (Å²) in [5.74, 6) is -0.187. The van der Waals surface area contributed by atoms with Gasteiger partial charge >= 0.3 is 0 Å². The molecule has 2 aromatic rings. The molecule has 0 bridgehead atoms. The molecule has 2 aromatic carbocycles. The normalized spacial score (nSPS) is 25.9. The van der Waals surface area contributed by atoms with Gasteiger partial charge in [-0.05, 0) is 54.7 Å². The lowest BCUT2D eigenvalue weighted by atomic mass is 9.79. The number of nitrogens with zero attached hydrogens (tertiary/aromatic N) is 1. The van der Waals surface area contributed by atoms with Gasteiger partial charge in [-0.25, -0.2) is 4.39 Å². The smallest absolute Gasteiger partial charge is 0.246 e. The Morgan fingerprint density at radius 2 is 1.74 bits per heavy atom. The first-order valence-electron chi connectivity index (χ1n) is 11.4. The van der Waals surface area contributed by atoms with Crippen LogP contribution in [0.3, 0.4) is 0 Å². The fourth-order valence-electron chi connectivity index (χ4n) is 5.93. The second-order valence-electron chi connectivity index (χ2n) is 9.49. The predicted octanol–water partition coefficient (Wildman–Crippen LogP) is 4.33. The zero-order chi connectivity index (χ0) is 21.6. The van der Waals surface area contributed by atoms with E-state index in [0.717, 1.165) is 36.8 Å². The van der Waals surface area contributed by atoms with Gasteiger partial charge in [-0.1, -0.05) is 48.9 Å². The summed E-state index contributed by atoms with van der Waals surface area (Å²) in [5, 5.41) is 2.82. The third-order valence-corrected chi connectivity index (χ3v) is 7.91. The number of amides is 2. The molecule has 162 valence electrons. The molecule has 2 amide bonds. The molecule has 2 unspecified atom stereocenters. The van der Waals surface area contributed by atoms with Crippen molar-refractivity contribution in [2.45, 2.75) is 50.5 Å². The second-order valence-corrected chi connectivity index (χ2v) is 9.49. The van der Waals surface area contributed by atoms with Crippen molar-refractivity contribution >= 4 is 11.8 Å². The Kier molecular flexibility index (Phi) is 4.87. The number of hydrogen-bond donors (Lipinski definition) is 1. The number of nitrogens with one attached hydrogen (secondary N) is 1. The van der Waals surface area contributed by atoms with Crippen LogP contribution < -0.4 is 5.32 Å². The summed E-state index contributed by atoms with van der Waals surface area (Å²) < 4.78 is 14.6. The van der Waals surface area contributed by atoms with Crippen molar-refractivity contribution in [3.63, 3.8) is 0 Å². The molecule has 1 aliphatic heterocycles. The molecule has 1 N–H and O–H groups in total. The van der Waals surface area contributed by atoms with Crippen LogP contribution in [-0.4, -0.2) is 35.8 Å². The number of hydrogen-bond acceptors (Lipinski definition) is 2. The number of carbonyl (C=O) groups is 2. The Labute approximate surface area is 182 Å². The lowest BCUT2D eigenvalue weighted by molar-refractivity contribution is -0.146. The number of benzene rings is 2. The van der Waals surface area contributed by atoms with Crippen molar-refractivity contribution in [2.24, 2.45) is 11.3 Å². The molecule has 3 fully saturated rings. The summed E-state index contributed by atoms with van der Waals surface area (Å²) in [6.07, 6.45) is 6.28. The third-order valence-electron chi connectivity index (χ3n) is 7.91. The first-order chi connectivity index (χ1) is 15.0. The highest BCUT2D eigenvalue weighted by atomic mass is 19.1. The van der Waals surface area contributed by atoms with Gasteiger partial charge in [0.15, 0.2) is 0 Å². The number of likely N-dealkylation sites (N-methyl/N-ethyl adjacent to an activating group) is 1. The van der Waals surface area contributed by atoms with E-state index in [1.165, 1.54) is 12.5 Å². The topological polar surface area (TPSA) is 49.4 Å². The Bertz CT molecular complexity index is 1030. The molecule has 5 heteroatoms. The predicted molar refractivity (Wildman–Crippen MR) is 118 cm³/mol. The van der Waals surface area contributed by atoms with Crippen LogP contribution in [0.15, 0.2) is 48.5 Å². The summed E-state index contributed by atoms with van der Waals surface area (Å²) in [5.41, 5.74) is 1.51. The number of likely N-dealkylation sites (tertiary alicyclic amines) is 1. The standard InChI is InChI=1S/C26H29FN2O2/c1-28-24(31)26(14-7-15-29(26)23(30)21-17-25(21)12-6-13-25)16-18-8-2-3-9-19(18)20-10-4-5-11-22(20)27/h2-5,8-11,21H,6-7,12-17H2,1H3,(H,28,31). The van der Waals surface area contributed by atoms with Crippen LogP contribution in [0.4, 0.5) is 4.39 Å². The maximum Gasteiger partial charge on any atom is 0.246 e. The van der Waals surface area contributed by atoms with Crippen molar-refractivity contribution in [1.29, 1.82) is 0 Å². The minimum absolute atomic E-state index is 0.0743. The van der Waals surface area contributed by atoms with Crippen molar-refractivity contribution in [3.05, 3.63) is 59.9 Å². The van der Waals surface area contributed by atoms with E-state index in [2.05, 4.69) is 5.32 Å². The fourth-order valence-corrected chi connectivity index (χ4v) is 5.93. The average Bonchev–Trinajstić information content (AvgIpc) is 3.41. The lowest BCUT2D eigenvalue weighted by Gasteiger charge is -2.39. The summed E-state index contributed by atoms with van der Waals surface area (Å²) >= 11 is 0. The zero-order valence-corrected chi connectivity index (χ0v) is 18.0. The second kappa shape index (κ2) is 7.47. The molecule has 0 radical (unpaired) electrons. The fraction of sp³-hybridized carbons (Fsp3) is 0.462. The molecule has 2 aliphatic carbocycles. The van der Waals surface area contributed by atoms with Crippen LogP contribution in [0.1, 0.15) is 44.1 Å². The first-order valence-corrected chi connectivity index (χ1v) is 11.4. The Hall–Kier alpha value is -2.69. The van der Waals surface area contributed by atoms with Crippen LogP contribution >= 0.6 is 0 Å². The Morgan fingerprint density at radius 1 is 1.03 bits per heavy atom. The van der Waals surface area contributed by atoms with Crippen LogP contribution in [0.2, 0.25) is 0 Å². The van der Waals surface area contributed by atoms with Crippen LogP contribution in [0.5, 0.6) is 0 Å². The van der Waals surface area contributed by atoms with E-state index in [1.54, 1.807) is 19.2 Å². The quantitative estimate of drug-likeness (QED) is 0.783. The van der Waals surface area contributed by atoms with Crippen LogP contribution in [-0.2, 0) is 16.0 Å². The minimum Gasteiger partial charge on any atom is -0.357 e. The molecule has 1 heterocycles. The molecule has 1 saturated heterocycles. The number of carbonyl (C=O) groups excluding carboxylic acids is 2. The molecule has 2 atom stereocenters. The highest BCUT2D eigenvalue weighted by Gasteiger charge is 2.64. The van der Waals surface area contributed by atoms with Crippen molar-refractivity contribution < 1.29 is 14.0 Å². The van der Waals surface area contributed by atoms with Crippen LogP contribution in [0.25, 0.3) is 11.1 Å². The third kappa shape index (κ3) is 3.17. The maximum atomic E-state index is 14.6. The molecular weight excluding hydrogens is 391 g/mol. The molecule has 2 saturated carbocycles. The van der Waals surface area contributed by atoms with E-state index in [4.69, 9.17) is 0 Å². The highest BCUT2D eigenvalue weighted by molar-refractivity contribution is 5.94.